The number of piperazine rings is 1. The zero-order valence-electron chi connectivity index (χ0n) is 20.6. The lowest BCUT2D eigenvalue weighted by Crippen LogP contribution is -2.49. The number of carbonyl (C=O) groups is 2. The van der Waals surface area contributed by atoms with Gasteiger partial charge in [-0.3, -0.25) is 9.59 Å². The molecule has 2 heterocycles. The number of rotatable bonds is 5. The molecule has 6 nitrogen and oxygen atoms in total. The van der Waals surface area contributed by atoms with E-state index >= 15 is 0 Å². The minimum atomic E-state index is -0.227. The highest BCUT2D eigenvalue weighted by Crippen LogP contribution is 2.35. The molecule has 3 aromatic rings. The van der Waals surface area contributed by atoms with Gasteiger partial charge in [-0.15, -0.1) is 0 Å². The van der Waals surface area contributed by atoms with Gasteiger partial charge in [0.1, 0.15) is 6.17 Å². The Hall–Kier alpha value is -3.80. The average molecular weight is 469 g/mol. The fourth-order valence-electron chi connectivity index (χ4n) is 5.13. The summed E-state index contributed by atoms with van der Waals surface area (Å²) in [6.45, 7) is 9.25. The number of carbonyl (C=O) groups excluding carboxylic acids is 2. The summed E-state index contributed by atoms with van der Waals surface area (Å²) in [7, 11) is 0. The van der Waals surface area contributed by atoms with Crippen LogP contribution in [0.3, 0.4) is 0 Å². The second-order valence-electron chi connectivity index (χ2n) is 9.58. The Morgan fingerprint density at radius 2 is 1.54 bits per heavy atom. The van der Waals surface area contributed by atoms with Crippen molar-refractivity contribution in [2.75, 3.05) is 36.4 Å². The fourth-order valence-corrected chi connectivity index (χ4v) is 5.13. The van der Waals surface area contributed by atoms with Gasteiger partial charge < -0.3 is 20.0 Å². The molecule has 0 bridgehead atoms. The van der Waals surface area contributed by atoms with E-state index in [0.717, 1.165) is 29.9 Å². The van der Waals surface area contributed by atoms with Crippen molar-refractivity contribution in [3.8, 4) is 0 Å². The van der Waals surface area contributed by atoms with Gasteiger partial charge in [0, 0.05) is 60.3 Å². The lowest BCUT2D eigenvalue weighted by molar-refractivity contribution is 0.0684. The second-order valence-corrected chi connectivity index (χ2v) is 9.58. The van der Waals surface area contributed by atoms with Gasteiger partial charge >= 0.3 is 0 Å². The fraction of sp³-hybridized carbons (Fsp3) is 0.310. The Labute approximate surface area is 207 Å². The maximum absolute atomic E-state index is 13.1. The Morgan fingerprint density at radius 1 is 0.886 bits per heavy atom. The summed E-state index contributed by atoms with van der Waals surface area (Å²) in [4.78, 5) is 32.2. The summed E-state index contributed by atoms with van der Waals surface area (Å²) in [5, 5.41) is 3.51. The highest BCUT2D eigenvalue weighted by atomic mass is 16.2. The molecule has 0 radical (unpaired) electrons. The summed E-state index contributed by atoms with van der Waals surface area (Å²) in [5.41, 5.74) is 5.80. The zero-order chi connectivity index (χ0) is 24.5. The van der Waals surface area contributed by atoms with Crippen molar-refractivity contribution in [2.45, 2.75) is 33.0 Å². The molecule has 1 N–H and O–H groups in total. The van der Waals surface area contributed by atoms with Crippen LogP contribution < -0.4 is 10.2 Å². The standard InChI is InChI=1S/C29H32N4O2/c1-20(2)33-27(24-9-5-6-10-25(24)29(33)35)30-23-14-12-22(13-15-23)28(34)32-18-16-31(17-19-32)26-11-7-4-8-21(26)3/h4-15,20,27,30H,16-19H2,1-3H3. The predicted octanol–water partition coefficient (Wildman–Crippen LogP) is 4.93. The van der Waals surface area contributed by atoms with E-state index in [2.05, 4.69) is 41.4 Å². The molecule has 35 heavy (non-hydrogen) atoms. The number of amides is 2. The third kappa shape index (κ3) is 4.36. The van der Waals surface area contributed by atoms with E-state index in [1.807, 2.05) is 72.2 Å². The van der Waals surface area contributed by atoms with E-state index in [1.165, 1.54) is 11.3 Å². The summed E-state index contributed by atoms with van der Waals surface area (Å²) in [6.07, 6.45) is -0.227. The SMILES string of the molecule is Cc1ccccc1N1CCN(C(=O)c2ccc(NC3c4ccccc4C(=O)N3C(C)C)cc2)CC1. The number of hydrogen-bond donors (Lipinski definition) is 1. The van der Waals surface area contributed by atoms with Gasteiger partial charge in [0.25, 0.3) is 11.8 Å². The first kappa shape index (κ1) is 23.0. The largest absolute Gasteiger partial charge is 0.368 e. The van der Waals surface area contributed by atoms with E-state index in [9.17, 15) is 9.59 Å². The van der Waals surface area contributed by atoms with Crippen LogP contribution in [0.15, 0.2) is 72.8 Å². The molecule has 0 saturated carbocycles. The number of hydrogen-bond acceptors (Lipinski definition) is 4. The third-order valence-corrected chi connectivity index (χ3v) is 7.01. The number of benzene rings is 3. The summed E-state index contributed by atoms with van der Waals surface area (Å²) in [6, 6.07) is 23.8. The van der Waals surface area contributed by atoms with Crippen molar-refractivity contribution in [1.82, 2.24) is 9.80 Å². The lowest BCUT2D eigenvalue weighted by Gasteiger charge is -2.37. The molecule has 0 aliphatic carbocycles. The van der Waals surface area contributed by atoms with Gasteiger partial charge in [-0.05, 0) is 62.7 Å². The van der Waals surface area contributed by atoms with E-state index in [-0.39, 0.29) is 24.0 Å². The molecule has 1 unspecified atom stereocenters. The predicted molar refractivity (Wildman–Crippen MR) is 140 cm³/mol. The highest BCUT2D eigenvalue weighted by Gasteiger charge is 2.37. The third-order valence-electron chi connectivity index (χ3n) is 7.01. The van der Waals surface area contributed by atoms with Crippen molar-refractivity contribution >= 4 is 23.2 Å². The Bertz CT molecular complexity index is 1230. The number of nitrogens with one attached hydrogen (secondary N) is 1. The average Bonchev–Trinajstić information content (AvgIpc) is 3.16. The number of fused-ring (bicyclic) bond motifs is 1. The Morgan fingerprint density at radius 3 is 2.23 bits per heavy atom. The van der Waals surface area contributed by atoms with E-state index in [1.54, 1.807) is 0 Å². The monoisotopic (exact) mass is 468 g/mol. The molecule has 5 rings (SSSR count). The summed E-state index contributed by atoms with van der Waals surface area (Å²) >= 11 is 0. The van der Waals surface area contributed by atoms with Crippen LogP contribution in [0, 0.1) is 6.92 Å². The Balaban J connectivity index is 1.25. The van der Waals surface area contributed by atoms with Crippen molar-refractivity contribution in [2.24, 2.45) is 0 Å². The minimum Gasteiger partial charge on any atom is -0.368 e. The second kappa shape index (κ2) is 9.45. The molecule has 0 aromatic heterocycles. The summed E-state index contributed by atoms with van der Waals surface area (Å²) < 4.78 is 0. The first-order chi connectivity index (χ1) is 16.9. The topological polar surface area (TPSA) is 55.9 Å². The van der Waals surface area contributed by atoms with Gasteiger partial charge in [-0.2, -0.15) is 0 Å². The van der Waals surface area contributed by atoms with Crippen molar-refractivity contribution < 1.29 is 9.59 Å². The van der Waals surface area contributed by atoms with Crippen molar-refractivity contribution in [3.05, 3.63) is 95.1 Å². The van der Waals surface area contributed by atoms with E-state index < -0.39 is 0 Å². The Kier molecular flexibility index (Phi) is 6.20. The molecule has 6 heteroatoms. The highest BCUT2D eigenvalue weighted by molar-refractivity contribution is 5.99. The number of anilines is 2. The van der Waals surface area contributed by atoms with Gasteiger partial charge in [-0.25, -0.2) is 0 Å². The molecular weight excluding hydrogens is 436 g/mol. The minimum absolute atomic E-state index is 0.0461. The van der Waals surface area contributed by atoms with Gasteiger partial charge in [0.2, 0.25) is 0 Å². The number of para-hydroxylation sites is 1. The van der Waals surface area contributed by atoms with Crippen LogP contribution in [0.4, 0.5) is 11.4 Å². The van der Waals surface area contributed by atoms with Crippen LogP contribution in [-0.2, 0) is 0 Å². The molecule has 2 aliphatic rings. The summed E-state index contributed by atoms with van der Waals surface area (Å²) in [5.74, 6) is 0.107. The normalized spacial score (nSPS) is 17.7. The first-order valence-electron chi connectivity index (χ1n) is 12.3. The molecule has 180 valence electrons. The number of aryl methyl sites for hydroxylation is 1. The van der Waals surface area contributed by atoms with Crippen LogP contribution in [0.1, 0.15) is 51.9 Å². The molecule has 1 atom stereocenters. The van der Waals surface area contributed by atoms with Crippen molar-refractivity contribution in [3.63, 3.8) is 0 Å². The maximum Gasteiger partial charge on any atom is 0.256 e. The van der Waals surface area contributed by atoms with Gasteiger partial charge in [0.05, 0.1) is 0 Å². The molecule has 0 spiro atoms. The van der Waals surface area contributed by atoms with Gasteiger partial charge in [0.15, 0.2) is 0 Å². The van der Waals surface area contributed by atoms with Gasteiger partial charge in [-0.1, -0.05) is 36.4 Å². The van der Waals surface area contributed by atoms with E-state index in [0.29, 0.717) is 18.7 Å². The number of nitrogens with zero attached hydrogens (tertiary/aromatic N) is 3. The molecular formula is C29H32N4O2. The molecule has 2 amide bonds. The van der Waals surface area contributed by atoms with Crippen LogP contribution in [0.5, 0.6) is 0 Å². The van der Waals surface area contributed by atoms with Crippen molar-refractivity contribution in [1.29, 1.82) is 0 Å². The maximum atomic E-state index is 13.1. The molecule has 1 fully saturated rings. The van der Waals surface area contributed by atoms with Crippen LogP contribution >= 0.6 is 0 Å². The van der Waals surface area contributed by atoms with E-state index in [4.69, 9.17) is 0 Å². The quantitative estimate of drug-likeness (QED) is 0.577. The first-order valence-corrected chi connectivity index (χ1v) is 12.3. The zero-order valence-corrected chi connectivity index (χ0v) is 20.6. The van der Waals surface area contributed by atoms with Crippen LogP contribution in [0.25, 0.3) is 0 Å². The smallest absolute Gasteiger partial charge is 0.256 e. The molecule has 3 aromatic carbocycles. The molecule has 1 saturated heterocycles. The molecule has 2 aliphatic heterocycles. The van der Waals surface area contributed by atoms with Crippen LogP contribution in [0.2, 0.25) is 0 Å². The van der Waals surface area contributed by atoms with Crippen LogP contribution in [-0.4, -0.2) is 53.8 Å². The lowest BCUT2D eigenvalue weighted by atomic mass is 10.1.